The zero-order chi connectivity index (χ0) is 23.0. The molecule has 0 aliphatic rings. The Morgan fingerprint density at radius 2 is 1.69 bits per heavy atom. The lowest BCUT2D eigenvalue weighted by molar-refractivity contribution is -0.137. The number of aromatic nitrogens is 2. The maximum Gasteiger partial charge on any atom is 0.417 e. The van der Waals surface area contributed by atoms with Crippen molar-refractivity contribution in [1.29, 1.82) is 0 Å². The molecule has 4 aromatic rings. The van der Waals surface area contributed by atoms with Crippen LogP contribution in [0.4, 0.5) is 23.7 Å². The first-order chi connectivity index (χ1) is 15.1. The summed E-state index contributed by atoms with van der Waals surface area (Å²) >= 11 is 18.0. The average molecular weight is 501 g/mol. The Morgan fingerprint density at radius 1 is 0.969 bits per heavy atom. The van der Waals surface area contributed by atoms with Crippen LogP contribution in [0.1, 0.15) is 5.56 Å². The lowest BCUT2D eigenvalue weighted by Crippen LogP contribution is -2.17. The first kappa shape index (κ1) is 22.3. The Kier molecular flexibility index (Phi) is 5.94. The van der Waals surface area contributed by atoms with Gasteiger partial charge in [0.15, 0.2) is 0 Å². The van der Waals surface area contributed by atoms with Crippen molar-refractivity contribution in [3.63, 3.8) is 0 Å². The predicted molar refractivity (Wildman–Crippen MR) is 118 cm³/mol. The van der Waals surface area contributed by atoms with Gasteiger partial charge in [-0.1, -0.05) is 40.9 Å². The fourth-order valence-corrected chi connectivity index (χ4v) is 3.77. The van der Waals surface area contributed by atoms with Gasteiger partial charge in [-0.2, -0.15) is 13.2 Å². The monoisotopic (exact) mass is 499 g/mol. The number of nitrogens with zero attached hydrogens (tertiary/aromatic N) is 1. The van der Waals surface area contributed by atoms with Gasteiger partial charge in [0, 0.05) is 11.8 Å². The molecule has 11 heteroatoms. The first-order valence-electron chi connectivity index (χ1n) is 8.91. The second kappa shape index (κ2) is 8.54. The van der Waals surface area contributed by atoms with E-state index in [1.807, 2.05) is 0 Å². The molecule has 32 heavy (non-hydrogen) atoms. The number of halogens is 6. The van der Waals surface area contributed by atoms with Crippen molar-refractivity contribution in [2.24, 2.45) is 0 Å². The number of carbonyl (C=O) groups is 1. The molecule has 1 heterocycles. The molecule has 4 rings (SSSR count). The van der Waals surface area contributed by atoms with Crippen LogP contribution in [0, 0.1) is 0 Å². The molecule has 0 saturated heterocycles. The minimum Gasteiger partial charge on any atom is -0.410 e. The largest absolute Gasteiger partial charge is 0.417 e. The molecule has 1 amide bonds. The Hall–Kier alpha value is -2.94. The summed E-state index contributed by atoms with van der Waals surface area (Å²) in [6.45, 7) is 0. The van der Waals surface area contributed by atoms with Gasteiger partial charge in [-0.3, -0.25) is 5.32 Å². The summed E-state index contributed by atoms with van der Waals surface area (Å²) in [6.07, 6.45) is -5.64. The van der Waals surface area contributed by atoms with Gasteiger partial charge in [-0.25, -0.2) is 9.78 Å². The van der Waals surface area contributed by atoms with Crippen molar-refractivity contribution in [3.05, 3.63) is 75.2 Å². The van der Waals surface area contributed by atoms with Gasteiger partial charge in [0.25, 0.3) is 0 Å². The summed E-state index contributed by atoms with van der Waals surface area (Å²) in [5.41, 5.74) is 0.436. The summed E-state index contributed by atoms with van der Waals surface area (Å²) < 4.78 is 44.1. The van der Waals surface area contributed by atoms with Crippen LogP contribution in [0.25, 0.3) is 22.4 Å². The van der Waals surface area contributed by atoms with Crippen molar-refractivity contribution >= 4 is 57.6 Å². The fourth-order valence-electron chi connectivity index (χ4n) is 2.97. The molecule has 0 aliphatic carbocycles. The van der Waals surface area contributed by atoms with Gasteiger partial charge in [0.2, 0.25) is 0 Å². The van der Waals surface area contributed by atoms with Crippen LogP contribution in [0.2, 0.25) is 15.1 Å². The number of ether oxygens (including phenoxy) is 1. The lowest BCUT2D eigenvalue weighted by atomic mass is 10.2. The summed E-state index contributed by atoms with van der Waals surface area (Å²) in [4.78, 5) is 19.7. The van der Waals surface area contributed by atoms with Crippen LogP contribution >= 0.6 is 34.8 Å². The number of alkyl halides is 3. The highest BCUT2D eigenvalue weighted by Crippen LogP contribution is 2.36. The molecular formula is C21H11Cl3F3N3O2. The third kappa shape index (κ3) is 4.62. The zero-order valence-electron chi connectivity index (χ0n) is 15.7. The summed E-state index contributed by atoms with van der Waals surface area (Å²) in [6, 6.07) is 12.7. The molecule has 1 aromatic heterocycles. The maximum absolute atomic E-state index is 13.0. The first-order valence-corrected chi connectivity index (χ1v) is 10.0. The molecule has 0 aliphatic heterocycles. The van der Waals surface area contributed by atoms with Gasteiger partial charge in [0.05, 0.1) is 37.2 Å². The normalized spacial score (nSPS) is 11.6. The van der Waals surface area contributed by atoms with E-state index in [-0.39, 0.29) is 11.4 Å². The number of rotatable bonds is 3. The van der Waals surface area contributed by atoms with E-state index >= 15 is 0 Å². The highest BCUT2D eigenvalue weighted by Gasteiger charge is 2.33. The van der Waals surface area contributed by atoms with E-state index in [1.165, 1.54) is 18.2 Å². The van der Waals surface area contributed by atoms with Crippen LogP contribution in [0.3, 0.4) is 0 Å². The standard InChI is InChI=1S/C21H11Cl3F3N3O2/c22-13-6-4-10(8-12(13)21(25,26)27)28-20(31)32-11-5-7-16-17(9-11)30-19(29-16)18-14(23)2-1-3-15(18)24/h1-9H,(H,28,31)(H,29,30). The van der Waals surface area contributed by atoms with Gasteiger partial charge in [-0.05, 0) is 42.5 Å². The number of H-pyrrole nitrogens is 1. The van der Waals surface area contributed by atoms with Crippen LogP contribution < -0.4 is 10.1 Å². The van der Waals surface area contributed by atoms with Gasteiger partial charge < -0.3 is 9.72 Å². The topological polar surface area (TPSA) is 67.0 Å². The van der Waals surface area contributed by atoms with Crippen molar-refractivity contribution in [2.45, 2.75) is 6.18 Å². The minimum atomic E-state index is -4.66. The number of fused-ring (bicyclic) bond motifs is 1. The number of benzene rings is 3. The molecule has 164 valence electrons. The van der Waals surface area contributed by atoms with Crippen LogP contribution in [-0.2, 0) is 6.18 Å². The molecule has 5 nitrogen and oxygen atoms in total. The molecule has 0 fully saturated rings. The number of carbonyl (C=O) groups excluding carboxylic acids is 1. The highest BCUT2D eigenvalue weighted by molar-refractivity contribution is 6.39. The van der Waals surface area contributed by atoms with E-state index in [9.17, 15) is 18.0 Å². The number of imidazole rings is 1. The third-order valence-electron chi connectivity index (χ3n) is 4.38. The van der Waals surface area contributed by atoms with Crippen LogP contribution in [0.5, 0.6) is 5.75 Å². The van der Waals surface area contributed by atoms with E-state index in [0.717, 1.165) is 12.1 Å². The van der Waals surface area contributed by atoms with Crippen molar-refractivity contribution < 1.29 is 22.7 Å². The molecule has 3 aromatic carbocycles. The molecule has 0 spiro atoms. The SMILES string of the molecule is O=C(Nc1ccc(Cl)c(C(F)(F)F)c1)Oc1ccc2nc(-c3c(Cl)cccc3Cl)[nH]c2c1. The van der Waals surface area contributed by atoms with Crippen LogP contribution in [0.15, 0.2) is 54.6 Å². The van der Waals surface area contributed by atoms with E-state index < -0.39 is 22.9 Å². The van der Waals surface area contributed by atoms with Gasteiger partial charge in [0.1, 0.15) is 11.6 Å². The third-order valence-corrected chi connectivity index (χ3v) is 5.34. The van der Waals surface area contributed by atoms with E-state index in [0.29, 0.717) is 32.5 Å². The second-order valence-electron chi connectivity index (χ2n) is 6.57. The minimum absolute atomic E-state index is 0.120. The smallest absolute Gasteiger partial charge is 0.410 e. The Labute approximate surface area is 194 Å². The predicted octanol–water partition coefficient (Wildman–Crippen LogP) is 7.82. The Bertz CT molecular complexity index is 1320. The fraction of sp³-hybridized carbons (Fsp3) is 0.0476. The maximum atomic E-state index is 13.0. The number of hydrogen-bond donors (Lipinski definition) is 2. The molecule has 0 saturated carbocycles. The quantitative estimate of drug-likeness (QED) is 0.301. The zero-order valence-corrected chi connectivity index (χ0v) is 18.0. The number of amides is 1. The number of nitrogens with one attached hydrogen (secondary N) is 2. The highest BCUT2D eigenvalue weighted by atomic mass is 35.5. The molecule has 0 bridgehead atoms. The average Bonchev–Trinajstić information content (AvgIpc) is 3.11. The van der Waals surface area contributed by atoms with Crippen molar-refractivity contribution in [2.75, 3.05) is 5.32 Å². The van der Waals surface area contributed by atoms with E-state index in [4.69, 9.17) is 39.5 Å². The molecular weight excluding hydrogens is 490 g/mol. The van der Waals surface area contributed by atoms with Gasteiger partial charge in [-0.15, -0.1) is 0 Å². The van der Waals surface area contributed by atoms with E-state index in [2.05, 4.69) is 15.3 Å². The second-order valence-corrected chi connectivity index (χ2v) is 7.79. The molecule has 0 radical (unpaired) electrons. The lowest BCUT2D eigenvalue weighted by Gasteiger charge is -2.12. The summed E-state index contributed by atoms with van der Waals surface area (Å²) in [5, 5.41) is 2.59. The number of hydrogen-bond acceptors (Lipinski definition) is 3. The van der Waals surface area contributed by atoms with Crippen molar-refractivity contribution in [3.8, 4) is 17.1 Å². The number of aromatic amines is 1. The summed E-state index contributed by atoms with van der Waals surface area (Å²) in [5.74, 6) is 0.568. The Morgan fingerprint density at radius 3 is 2.38 bits per heavy atom. The van der Waals surface area contributed by atoms with Crippen LogP contribution in [-0.4, -0.2) is 16.1 Å². The summed E-state index contributed by atoms with van der Waals surface area (Å²) in [7, 11) is 0. The van der Waals surface area contributed by atoms with Crippen molar-refractivity contribution in [1.82, 2.24) is 9.97 Å². The number of anilines is 1. The molecule has 0 atom stereocenters. The Balaban J connectivity index is 1.54. The molecule has 0 unspecified atom stereocenters. The van der Waals surface area contributed by atoms with Gasteiger partial charge >= 0.3 is 12.3 Å². The van der Waals surface area contributed by atoms with E-state index in [1.54, 1.807) is 24.3 Å². The molecule has 2 N–H and O–H groups in total.